The van der Waals surface area contributed by atoms with Crippen molar-refractivity contribution in [3.05, 3.63) is 59.4 Å². The lowest BCUT2D eigenvalue weighted by Crippen LogP contribution is -3.14. The number of quaternary nitrogens is 1. The maximum atomic E-state index is 13.6. The average Bonchev–Trinajstić information content (AvgIpc) is 3.08. The summed E-state index contributed by atoms with van der Waals surface area (Å²) in [7, 11) is 1.56. The van der Waals surface area contributed by atoms with E-state index in [1.54, 1.807) is 42.6 Å². The highest BCUT2D eigenvalue weighted by Crippen LogP contribution is 2.38. The van der Waals surface area contributed by atoms with Crippen LogP contribution in [0.15, 0.2) is 42.7 Å². The second kappa shape index (κ2) is 9.58. The van der Waals surface area contributed by atoms with E-state index >= 15 is 0 Å². The summed E-state index contributed by atoms with van der Waals surface area (Å²) in [6.45, 7) is 6.05. The topological polar surface area (TPSA) is 91.5 Å². The molecular weight excluding hydrogens is 410 g/mol. The standard InChI is InChI=1S/C24H27N3O5/c1-16-15-18(31-2)3-4-19(16)22(28)20-21(17-5-7-25-8-6-17)27(24(30)23(20)29)10-9-26-11-13-32-14-12-26/h3-8,15,20-21H,9-14H2,1-2H3/p+2. The molecule has 2 unspecified atom stereocenters. The van der Waals surface area contributed by atoms with Gasteiger partial charge in [-0.05, 0) is 36.2 Å². The number of likely N-dealkylation sites (tertiary alicyclic amines) is 1. The fourth-order valence-electron chi connectivity index (χ4n) is 4.59. The lowest BCUT2D eigenvalue weighted by molar-refractivity contribution is -0.907. The van der Waals surface area contributed by atoms with Gasteiger partial charge in [0, 0.05) is 17.7 Å². The molecular formula is C24H29N3O5+2. The number of nitrogens with zero attached hydrogens (tertiary/aromatic N) is 1. The minimum Gasteiger partial charge on any atom is -0.497 e. The van der Waals surface area contributed by atoms with Crippen molar-refractivity contribution < 1.29 is 33.7 Å². The molecule has 8 nitrogen and oxygen atoms in total. The van der Waals surface area contributed by atoms with E-state index in [0.717, 1.165) is 18.7 Å². The van der Waals surface area contributed by atoms with Crippen LogP contribution in [-0.2, 0) is 14.3 Å². The summed E-state index contributed by atoms with van der Waals surface area (Å²) in [5.74, 6) is -1.99. The molecule has 2 atom stereocenters. The van der Waals surface area contributed by atoms with Crippen molar-refractivity contribution in [1.82, 2.24) is 4.90 Å². The number of carbonyl (C=O) groups excluding carboxylic acids is 3. The zero-order valence-electron chi connectivity index (χ0n) is 18.4. The van der Waals surface area contributed by atoms with Gasteiger partial charge in [-0.2, -0.15) is 0 Å². The lowest BCUT2D eigenvalue weighted by Gasteiger charge is -2.30. The summed E-state index contributed by atoms with van der Waals surface area (Å²) in [5, 5.41) is 0. The Kier molecular flexibility index (Phi) is 6.62. The Morgan fingerprint density at radius 3 is 2.56 bits per heavy atom. The second-order valence-electron chi connectivity index (χ2n) is 8.28. The molecule has 0 radical (unpaired) electrons. The number of hydrogen-bond donors (Lipinski definition) is 1. The number of Topliss-reactive ketones (excluding diaryl/α,β-unsaturated/α-hetero) is 2. The molecule has 8 heteroatoms. The molecule has 0 bridgehead atoms. The minimum atomic E-state index is -1.07. The molecule has 1 aromatic heterocycles. The summed E-state index contributed by atoms with van der Waals surface area (Å²) in [4.78, 5) is 45.7. The largest absolute Gasteiger partial charge is 0.497 e. The Morgan fingerprint density at radius 2 is 1.91 bits per heavy atom. The highest BCUT2D eigenvalue weighted by atomic mass is 16.5. The molecule has 168 valence electrons. The van der Waals surface area contributed by atoms with Crippen molar-refractivity contribution in [3.63, 3.8) is 0 Å². The number of aryl methyl sites for hydroxylation is 1. The number of aromatic amines is 1. The van der Waals surface area contributed by atoms with Crippen LogP contribution in [0, 0.1) is 12.8 Å². The van der Waals surface area contributed by atoms with Crippen LogP contribution >= 0.6 is 0 Å². The third kappa shape index (κ3) is 4.28. The number of aromatic nitrogens is 1. The van der Waals surface area contributed by atoms with Gasteiger partial charge in [-0.3, -0.25) is 14.4 Å². The third-order valence-electron chi connectivity index (χ3n) is 6.38. The summed E-state index contributed by atoms with van der Waals surface area (Å²) < 4.78 is 10.6. The van der Waals surface area contributed by atoms with Gasteiger partial charge < -0.3 is 19.3 Å². The number of carbonyl (C=O) groups is 3. The number of ketones is 2. The number of benzene rings is 1. The molecule has 2 aliphatic rings. The van der Waals surface area contributed by atoms with Gasteiger partial charge in [0.25, 0.3) is 5.91 Å². The predicted octanol–water partition coefficient (Wildman–Crippen LogP) is -0.316. The maximum Gasteiger partial charge on any atom is 0.291 e. The zero-order valence-corrected chi connectivity index (χ0v) is 18.4. The summed E-state index contributed by atoms with van der Waals surface area (Å²) in [5.41, 5.74) is 1.92. The normalized spacial score (nSPS) is 21.8. The number of morpholine rings is 1. The molecule has 32 heavy (non-hydrogen) atoms. The van der Waals surface area contributed by atoms with Gasteiger partial charge in [0.15, 0.2) is 18.2 Å². The Hall–Kier alpha value is -3.10. The fraction of sp³-hybridized carbons (Fsp3) is 0.417. The zero-order chi connectivity index (χ0) is 22.7. The Labute approximate surface area is 187 Å². The van der Waals surface area contributed by atoms with Gasteiger partial charge in [-0.1, -0.05) is 0 Å². The Morgan fingerprint density at radius 1 is 1.19 bits per heavy atom. The fourth-order valence-corrected chi connectivity index (χ4v) is 4.59. The number of nitrogens with one attached hydrogen (secondary N) is 2. The first-order valence-electron chi connectivity index (χ1n) is 10.9. The second-order valence-corrected chi connectivity index (χ2v) is 8.28. The maximum absolute atomic E-state index is 13.6. The summed E-state index contributed by atoms with van der Waals surface area (Å²) in [6.07, 6.45) is 3.49. The smallest absolute Gasteiger partial charge is 0.291 e. The van der Waals surface area contributed by atoms with E-state index in [-0.39, 0.29) is 5.78 Å². The minimum absolute atomic E-state index is 0.331. The molecule has 0 aliphatic carbocycles. The van der Waals surface area contributed by atoms with Crippen LogP contribution in [0.5, 0.6) is 5.75 Å². The van der Waals surface area contributed by atoms with Gasteiger partial charge in [0.2, 0.25) is 5.78 Å². The number of rotatable bonds is 7. The van der Waals surface area contributed by atoms with E-state index in [1.165, 1.54) is 4.90 Å². The number of pyridine rings is 1. The van der Waals surface area contributed by atoms with E-state index in [2.05, 4.69) is 4.98 Å². The number of methoxy groups -OCH3 is 1. The van der Waals surface area contributed by atoms with Crippen LogP contribution < -0.4 is 14.6 Å². The van der Waals surface area contributed by atoms with E-state index in [1.807, 2.05) is 19.1 Å². The molecule has 4 rings (SSSR count). The summed E-state index contributed by atoms with van der Waals surface area (Å²) in [6, 6.07) is 8.16. The SMILES string of the molecule is COc1ccc(C(=O)C2C(=O)C(=O)N(CC[NH+]3CCOCC3)C2c2cc[nH+]cc2)c(C)c1. The highest BCUT2D eigenvalue weighted by molar-refractivity contribution is 6.44. The predicted molar refractivity (Wildman–Crippen MR) is 114 cm³/mol. The van der Waals surface area contributed by atoms with Crippen LogP contribution in [0.4, 0.5) is 0 Å². The molecule has 2 N–H and O–H groups in total. The Balaban J connectivity index is 1.66. The lowest BCUT2D eigenvalue weighted by atomic mass is 9.85. The molecule has 2 saturated heterocycles. The average molecular weight is 440 g/mol. The van der Waals surface area contributed by atoms with Crippen molar-refractivity contribution >= 4 is 17.5 Å². The Bertz CT molecular complexity index is 1000. The number of ether oxygens (including phenoxy) is 2. The van der Waals surface area contributed by atoms with Gasteiger partial charge >= 0.3 is 0 Å². The van der Waals surface area contributed by atoms with Crippen molar-refractivity contribution in [2.24, 2.45) is 5.92 Å². The number of hydrogen-bond acceptors (Lipinski definition) is 5. The molecule has 2 aromatic rings. The summed E-state index contributed by atoms with van der Waals surface area (Å²) >= 11 is 0. The van der Waals surface area contributed by atoms with Gasteiger partial charge in [-0.15, -0.1) is 0 Å². The molecule has 1 aromatic carbocycles. The first-order valence-corrected chi connectivity index (χ1v) is 10.9. The third-order valence-corrected chi connectivity index (χ3v) is 6.38. The van der Waals surface area contributed by atoms with Gasteiger partial charge in [-0.25, -0.2) is 4.98 Å². The van der Waals surface area contributed by atoms with E-state index in [4.69, 9.17) is 9.47 Å². The van der Waals surface area contributed by atoms with E-state index in [0.29, 0.717) is 43.2 Å². The van der Waals surface area contributed by atoms with Crippen LogP contribution in [0.25, 0.3) is 0 Å². The van der Waals surface area contributed by atoms with Crippen LogP contribution in [0.2, 0.25) is 0 Å². The molecule has 0 spiro atoms. The van der Waals surface area contributed by atoms with Crippen molar-refractivity contribution in [1.29, 1.82) is 0 Å². The van der Waals surface area contributed by atoms with Crippen molar-refractivity contribution in [2.75, 3.05) is 46.5 Å². The van der Waals surface area contributed by atoms with Crippen molar-refractivity contribution in [2.45, 2.75) is 13.0 Å². The van der Waals surface area contributed by atoms with Crippen LogP contribution in [0.3, 0.4) is 0 Å². The van der Waals surface area contributed by atoms with Crippen molar-refractivity contribution in [3.8, 4) is 5.75 Å². The first-order chi connectivity index (χ1) is 15.5. The quantitative estimate of drug-likeness (QED) is 0.363. The molecule has 0 saturated carbocycles. The van der Waals surface area contributed by atoms with Crippen LogP contribution in [-0.4, -0.2) is 68.9 Å². The number of H-pyrrole nitrogens is 1. The van der Waals surface area contributed by atoms with Crippen LogP contribution in [0.1, 0.15) is 27.5 Å². The molecule has 3 heterocycles. The van der Waals surface area contributed by atoms with E-state index in [9.17, 15) is 14.4 Å². The molecule has 2 fully saturated rings. The highest BCUT2D eigenvalue weighted by Gasteiger charge is 2.52. The molecule has 2 aliphatic heterocycles. The van der Waals surface area contributed by atoms with Gasteiger partial charge in [0.1, 0.15) is 24.8 Å². The first kappa shape index (κ1) is 22.1. The monoisotopic (exact) mass is 439 g/mol. The number of amides is 1. The van der Waals surface area contributed by atoms with E-state index < -0.39 is 23.7 Å². The van der Waals surface area contributed by atoms with Gasteiger partial charge in [0.05, 0.1) is 39.5 Å². The molecule has 1 amide bonds.